The Morgan fingerprint density at radius 1 is 0.675 bits per heavy atom. The molecule has 4 atom stereocenters. The van der Waals surface area contributed by atoms with E-state index >= 15 is 0 Å². The predicted molar refractivity (Wildman–Crippen MR) is 174 cm³/mol. The number of rotatable bonds is 29. The normalized spacial score (nSPS) is 17.6. The second-order valence-corrected chi connectivity index (χ2v) is 14.1. The standard InChI is InChI=1S/C33H62O5S2/c1-3-4-5-6-7-10-14-17-20-31(35)26-39-22-23-40-27-32(36)21-18-15-12-9-8-11-13-16-19-30(34)25-29-24-28(2)38-33(29)37/h24,28,30-32,34-36H,3-23,25-27H2,1-2H3/t28-,30+,31-,32-/m0/s1. The molecule has 3 N–H and O–H groups in total. The molecule has 1 rings (SSSR count). The third-order valence-corrected chi connectivity index (χ3v) is 10.1. The highest BCUT2D eigenvalue weighted by Crippen LogP contribution is 2.21. The zero-order valence-electron chi connectivity index (χ0n) is 25.8. The first-order valence-corrected chi connectivity index (χ1v) is 18.8. The van der Waals surface area contributed by atoms with E-state index in [0.29, 0.717) is 12.0 Å². The lowest BCUT2D eigenvalue weighted by Crippen LogP contribution is -2.12. The van der Waals surface area contributed by atoms with Gasteiger partial charge >= 0.3 is 5.97 Å². The van der Waals surface area contributed by atoms with Crippen LogP contribution in [0.3, 0.4) is 0 Å². The maximum Gasteiger partial charge on any atom is 0.334 e. The maximum absolute atomic E-state index is 11.6. The van der Waals surface area contributed by atoms with Gasteiger partial charge in [0, 0.05) is 35.0 Å². The van der Waals surface area contributed by atoms with Gasteiger partial charge < -0.3 is 20.1 Å². The molecule has 1 heterocycles. The molecule has 0 aromatic heterocycles. The topological polar surface area (TPSA) is 87.0 Å². The molecule has 0 saturated heterocycles. The van der Waals surface area contributed by atoms with Crippen molar-refractivity contribution in [2.45, 2.75) is 167 Å². The minimum atomic E-state index is -0.449. The second-order valence-electron chi connectivity index (χ2n) is 11.8. The summed E-state index contributed by atoms with van der Waals surface area (Å²) in [7, 11) is 0. The Morgan fingerprint density at radius 2 is 1.07 bits per heavy atom. The molecule has 0 unspecified atom stereocenters. The van der Waals surface area contributed by atoms with E-state index < -0.39 is 6.10 Å². The van der Waals surface area contributed by atoms with E-state index in [1.165, 1.54) is 77.0 Å². The maximum atomic E-state index is 11.6. The summed E-state index contributed by atoms with van der Waals surface area (Å²) in [5.41, 5.74) is 0.623. The molecule has 40 heavy (non-hydrogen) atoms. The third kappa shape index (κ3) is 22.4. The van der Waals surface area contributed by atoms with Crippen molar-refractivity contribution in [2.75, 3.05) is 23.0 Å². The van der Waals surface area contributed by atoms with Crippen LogP contribution in [0.5, 0.6) is 0 Å². The van der Waals surface area contributed by atoms with Gasteiger partial charge in [-0.05, 0) is 32.3 Å². The molecular formula is C33H62O5S2. The average Bonchev–Trinajstić information content (AvgIpc) is 3.24. The van der Waals surface area contributed by atoms with Crippen molar-refractivity contribution in [3.63, 3.8) is 0 Å². The Bertz CT molecular complexity index is 630. The summed E-state index contributed by atoms with van der Waals surface area (Å²) in [6, 6.07) is 0. The van der Waals surface area contributed by atoms with Crippen molar-refractivity contribution in [3.05, 3.63) is 11.6 Å². The van der Waals surface area contributed by atoms with E-state index in [4.69, 9.17) is 4.74 Å². The van der Waals surface area contributed by atoms with Gasteiger partial charge in [-0.25, -0.2) is 4.79 Å². The number of carbonyl (C=O) groups is 1. The average molecular weight is 603 g/mol. The molecule has 0 aromatic rings. The summed E-state index contributed by atoms with van der Waals surface area (Å²) in [6.07, 6.45) is 23.7. The molecule has 0 aromatic carbocycles. The number of ether oxygens (including phenoxy) is 1. The Labute approximate surface area is 255 Å². The van der Waals surface area contributed by atoms with Gasteiger partial charge in [-0.2, -0.15) is 23.5 Å². The first kappa shape index (κ1) is 37.8. The van der Waals surface area contributed by atoms with Crippen molar-refractivity contribution in [1.29, 1.82) is 0 Å². The molecular weight excluding hydrogens is 540 g/mol. The first-order valence-electron chi connectivity index (χ1n) is 16.5. The van der Waals surface area contributed by atoms with Crippen molar-refractivity contribution < 1.29 is 24.9 Å². The second kappa shape index (κ2) is 26.4. The van der Waals surface area contributed by atoms with Gasteiger partial charge in [-0.3, -0.25) is 0 Å². The van der Waals surface area contributed by atoms with Crippen LogP contribution in [-0.2, 0) is 9.53 Å². The van der Waals surface area contributed by atoms with Gasteiger partial charge in [-0.15, -0.1) is 0 Å². The molecule has 0 radical (unpaired) electrons. The fourth-order valence-electron chi connectivity index (χ4n) is 5.19. The highest BCUT2D eigenvalue weighted by Gasteiger charge is 2.23. The highest BCUT2D eigenvalue weighted by atomic mass is 32.2. The summed E-state index contributed by atoms with van der Waals surface area (Å²) in [5, 5.41) is 30.6. The zero-order valence-corrected chi connectivity index (χ0v) is 27.5. The molecule has 0 fully saturated rings. The fraction of sp³-hybridized carbons (Fsp3) is 0.909. The van der Waals surface area contributed by atoms with Crippen LogP contribution in [-0.4, -0.2) is 68.7 Å². The van der Waals surface area contributed by atoms with Crippen molar-refractivity contribution in [1.82, 2.24) is 0 Å². The van der Waals surface area contributed by atoms with Crippen molar-refractivity contribution in [3.8, 4) is 0 Å². The molecule has 0 aliphatic carbocycles. The molecule has 5 nitrogen and oxygen atoms in total. The van der Waals surface area contributed by atoms with E-state index in [0.717, 1.165) is 68.0 Å². The van der Waals surface area contributed by atoms with E-state index in [2.05, 4.69) is 6.92 Å². The van der Waals surface area contributed by atoms with Crippen LogP contribution in [0.25, 0.3) is 0 Å². The van der Waals surface area contributed by atoms with Gasteiger partial charge in [0.2, 0.25) is 0 Å². The largest absolute Gasteiger partial charge is 0.455 e. The quantitative estimate of drug-likeness (QED) is 0.0587. The van der Waals surface area contributed by atoms with E-state index in [-0.39, 0.29) is 24.3 Å². The van der Waals surface area contributed by atoms with Crippen LogP contribution in [0.2, 0.25) is 0 Å². The highest BCUT2D eigenvalue weighted by molar-refractivity contribution is 8.02. The number of hydrogen-bond donors (Lipinski definition) is 3. The van der Waals surface area contributed by atoms with Gasteiger partial charge in [-0.1, -0.05) is 110 Å². The monoisotopic (exact) mass is 602 g/mol. The van der Waals surface area contributed by atoms with Gasteiger partial charge in [0.15, 0.2) is 0 Å². The molecule has 0 saturated carbocycles. The number of cyclic esters (lactones) is 1. The van der Waals surface area contributed by atoms with E-state index in [1.807, 2.05) is 36.5 Å². The molecule has 236 valence electrons. The molecule has 0 bridgehead atoms. The number of hydrogen-bond acceptors (Lipinski definition) is 7. The van der Waals surface area contributed by atoms with E-state index in [9.17, 15) is 20.1 Å². The Kier molecular flexibility index (Phi) is 25.0. The van der Waals surface area contributed by atoms with Gasteiger partial charge in [0.25, 0.3) is 0 Å². The minimum absolute atomic E-state index is 0.161. The van der Waals surface area contributed by atoms with Gasteiger partial charge in [0.05, 0.1) is 18.3 Å². The number of esters is 1. The molecule has 0 spiro atoms. The van der Waals surface area contributed by atoms with Crippen LogP contribution in [0.15, 0.2) is 11.6 Å². The first-order chi connectivity index (χ1) is 19.4. The smallest absolute Gasteiger partial charge is 0.334 e. The third-order valence-electron chi connectivity index (χ3n) is 7.65. The number of aliphatic hydroxyl groups excluding tert-OH is 3. The number of thioether (sulfide) groups is 2. The Morgan fingerprint density at radius 3 is 1.48 bits per heavy atom. The van der Waals surface area contributed by atoms with Crippen LogP contribution < -0.4 is 0 Å². The number of carbonyl (C=O) groups excluding carboxylic acids is 1. The van der Waals surface area contributed by atoms with Crippen LogP contribution in [0.1, 0.15) is 142 Å². The number of unbranched alkanes of at least 4 members (excludes halogenated alkanes) is 14. The molecule has 1 aliphatic heterocycles. The number of aliphatic hydroxyl groups is 3. The fourth-order valence-corrected chi connectivity index (χ4v) is 7.35. The molecule has 1 aliphatic rings. The summed E-state index contributed by atoms with van der Waals surface area (Å²) >= 11 is 3.69. The lowest BCUT2D eigenvalue weighted by Gasteiger charge is -2.12. The molecule has 7 heteroatoms. The van der Waals surface area contributed by atoms with Crippen LogP contribution in [0, 0.1) is 0 Å². The Hall–Kier alpha value is -0.210. The van der Waals surface area contributed by atoms with Gasteiger partial charge in [0.1, 0.15) is 6.10 Å². The van der Waals surface area contributed by atoms with Crippen molar-refractivity contribution in [2.24, 2.45) is 0 Å². The van der Waals surface area contributed by atoms with Crippen LogP contribution in [0.4, 0.5) is 0 Å². The zero-order chi connectivity index (χ0) is 29.3. The van der Waals surface area contributed by atoms with E-state index in [1.54, 1.807) is 0 Å². The Balaban J connectivity index is 1.79. The summed E-state index contributed by atoms with van der Waals surface area (Å²) in [6.45, 7) is 4.10. The van der Waals surface area contributed by atoms with Crippen LogP contribution >= 0.6 is 23.5 Å². The molecule has 0 amide bonds. The lowest BCUT2D eigenvalue weighted by atomic mass is 10.0. The lowest BCUT2D eigenvalue weighted by molar-refractivity contribution is -0.139. The summed E-state index contributed by atoms with van der Waals surface area (Å²) < 4.78 is 5.08. The predicted octanol–water partition coefficient (Wildman–Crippen LogP) is 8.23. The SMILES string of the molecule is CCCCCCCCCC[C@H](O)CSCCSC[C@@H](O)CCCCCCCCCC[C@@H](O)CC1=C[C@H](C)OC1=O. The minimum Gasteiger partial charge on any atom is -0.455 e. The van der Waals surface area contributed by atoms with Crippen molar-refractivity contribution >= 4 is 29.5 Å². The summed E-state index contributed by atoms with van der Waals surface area (Å²) in [4.78, 5) is 11.6. The summed E-state index contributed by atoms with van der Waals surface area (Å²) in [5.74, 6) is 3.50.